The second kappa shape index (κ2) is 11.5. The van der Waals surface area contributed by atoms with Crippen LogP contribution in [0.25, 0.3) is 81.9 Å². The van der Waals surface area contributed by atoms with Gasteiger partial charge in [0.1, 0.15) is 0 Å². The molecule has 0 spiro atoms. The van der Waals surface area contributed by atoms with Gasteiger partial charge in [-0.25, -0.2) is 27.4 Å². The highest BCUT2D eigenvalue weighted by atomic mass is 19.2. The lowest BCUT2D eigenvalue weighted by Crippen LogP contribution is -2.01. The minimum absolute atomic E-state index is 0.176. The van der Waals surface area contributed by atoms with Crippen LogP contribution in [0.1, 0.15) is 0 Å². The first-order chi connectivity index (χ1) is 23.4. The summed E-state index contributed by atoms with van der Waals surface area (Å²) in [6.07, 6.45) is 0. The van der Waals surface area contributed by atoms with Crippen molar-refractivity contribution in [3.05, 3.63) is 168 Å². The minimum atomic E-state index is -1.50. The molecule has 0 unspecified atom stereocenters. The fourth-order valence-corrected chi connectivity index (χ4v) is 6.45. The molecule has 8 rings (SSSR count). The minimum Gasteiger partial charge on any atom is -0.247 e. The van der Waals surface area contributed by atoms with Crippen LogP contribution >= 0.6 is 0 Å². The molecule has 0 saturated heterocycles. The smallest absolute Gasteiger partial charge is 0.187 e. The summed E-state index contributed by atoms with van der Waals surface area (Å²) < 4.78 is 59.7. The summed E-state index contributed by atoms with van der Waals surface area (Å²) >= 11 is 0. The highest BCUT2D eigenvalue weighted by Gasteiger charge is 2.25. The summed E-state index contributed by atoms with van der Waals surface area (Å²) in [7, 11) is 0. The number of benzene rings is 7. The maximum absolute atomic E-state index is 15.3. The predicted molar refractivity (Wildman–Crippen MR) is 185 cm³/mol. The molecule has 0 radical (unpaired) electrons. The van der Waals surface area contributed by atoms with Crippen molar-refractivity contribution in [3.8, 4) is 44.6 Å². The molecule has 0 atom stereocenters. The molecular weight excluding hydrogens is 608 g/mol. The fraction of sp³-hybridized carbons (Fsp3) is 0. The Bertz CT molecular complexity index is 2560. The molecule has 7 aromatic carbocycles. The van der Waals surface area contributed by atoms with Crippen molar-refractivity contribution in [1.29, 1.82) is 0 Å². The molecule has 0 aliphatic carbocycles. The van der Waals surface area contributed by atoms with Crippen LogP contribution in [-0.2, 0) is 0 Å². The van der Waals surface area contributed by atoms with E-state index in [1.165, 1.54) is 0 Å². The van der Waals surface area contributed by atoms with Gasteiger partial charge < -0.3 is 0 Å². The van der Waals surface area contributed by atoms with Crippen molar-refractivity contribution in [1.82, 2.24) is 4.98 Å². The molecule has 48 heavy (non-hydrogen) atoms. The number of hydrogen-bond acceptors (Lipinski definition) is 1. The van der Waals surface area contributed by atoms with Crippen molar-refractivity contribution in [2.75, 3.05) is 0 Å². The van der Waals surface area contributed by atoms with Crippen LogP contribution in [-0.4, -0.2) is 4.98 Å². The van der Waals surface area contributed by atoms with Gasteiger partial charge in [-0.05, 0) is 56.3 Å². The maximum Gasteiger partial charge on any atom is 0.187 e. The van der Waals surface area contributed by atoms with E-state index in [4.69, 9.17) is 6.57 Å². The summed E-state index contributed by atoms with van der Waals surface area (Å²) in [5.41, 5.74) is 5.71. The highest BCUT2D eigenvalue weighted by molar-refractivity contribution is 6.25. The molecular formula is C42H22F4N2. The summed E-state index contributed by atoms with van der Waals surface area (Å²) in [6, 6.07) is 40.6. The van der Waals surface area contributed by atoms with Crippen molar-refractivity contribution in [3.63, 3.8) is 0 Å². The Labute approximate surface area is 273 Å². The van der Waals surface area contributed by atoms with Gasteiger partial charge in [0.05, 0.1) is 23.3 Å². The van der Waals surface area contributed by atoms with E-state index in [0.717, 1.165) is 49.5 Å². The van der Waals surface area contributed by atoms with E-state index in [1.807, 2.05) is 97.1 Å². The Kier molecular flexibility index (Phi) is 6.96. The molecule has 0 saturated carbocycles. The van der Waals surface area contributed by atoms with Gasteiger partial charge in [-0.1, -0.05) is 115 Å². The average molecular weight is 631 g/mol. The Morgan fingerprint density at radius 1 is 0.479 bits per heavy atom. The number of halogens is 4. The topological polar surface area (TPSA) is 17.2 Å². The number of aromatic nitrogens is 1. The largest absolute Gasteiger partial charge is 0.247 e. The van der Waals surface area contributed by atoms with E-state index < -0.39 is 28.8 Å². The summed E-state index contributed by atoms with van der Waals surface area (Å²) in [5, 5.41) is 3.51. The van der Waals surface area contributed by atoms with Crippen LogP contribution in [0.4, 0.5) is 23.2 Å². The van der Waals surface area contributed by atoms with E-state index in [2.05, 4.69) is 9.83 Å². The first-order valence-corrected chi connectivity index (χ1v) is 15.2. The Morgan fingerprint density at radius 2 is 0.958 bits per heavy atom. The van der Waals surface area contributed by atoms with Crippen LogP contribution < -0.4 is 0 Å². The van der Waals surface area contributed by atoms with Gasteiger partial charge in [0.15, 0.2) is 29.0 Å². The van der Waals surface area contributed by atoms with E-state index in [1.54, 1.807) is 30.3 Å². The van der Waals surface area contributed by atoms with Gasteiger partial charge in [-0.3, -0.25) is 0 Å². The van der Waals surface area contributed by atoms with Crippen molar-refractivity contribution in [2.45, 2.75) is 0 Å². The molecule has 0 amide bonds. The zero-order chi connectivity index (χ0) is 32.9. The predicted octanol–water partition coefficient (Wildman–Crippen LogP) is 12.3. The summed E-state index contributed by atoms with van der Waals surface area (Å²) in [4.78, 5) is 8.04. The second-order valence-electron chi connectivity index (χ2n) is 11.5. The number of pyridine rings is 1. The first-order valence-electron chi connectivity index (χ1n) is 15.2. The molecule has 0 aliphatic heterocycles. The lowest BCUT2D eigenvalue weighted by atomic mass is 9.89. The zero-order valence-corrected chi connectivity index (χ0v) is 25.1. The maximum atomic E-state index is 15.3. The number of nitrogens with zero attached hydrogens (tertiary/aromatic N) is 2. The molecule has 1 aromatic heterocycles. The summed E-state index contributed by atoms with van der Waals surface area (Å²) in [5.74, 6) is -5.98. The molecule has 0 fully saturated rings. The average Bonchev–Trinajstić information content (AvgIpc) is 3.14. The Balaban J connectivity index is 1.29. The van der Waals surface area contributed by atoms with E-state index in [9.17, 15) is 8.78 Å². The number of fused-ring (bicyclic) bond motifs is 5. The van der Waals surface area contributed by atoms with Crippen molar-refractivity contribution in [2.24, 2.45) is 0 Å². The normalized spacial score (nSPS) is 11.3. The van der Waals surface area contributed by atoms with Gasteiger partial charge in [-0.15, -0.1) is 0 Å². The molecule has 228 valence electrons. The Morgan fingerprint density at radius 3 is 1.52 bits per heavy atom. The highest BCUT2D eigenvalue weighted by Crippen LogP contribution is 2.43. The standard InChI is InChI=1S/C42H22F4N2/c1-47-29-20-18-27(19-21-29)25-12-10-24(11-13-25)26-14-16-28(17-15-26)33-22-34-38(31-7-3-2-6-30(31)33)32-8-4-5-9-37(32)48-42(34)39-40(45)35(43)23-36(44)41(39)46/h2-23H. The molecule has 0 aliphatic rings. The van der Waals surface area contributed by atoms with Crippen molar-refractivity contribution < 1.29 is 17.6 Å². The lowest BCUT2D eigenvalue weighted by molar-refractivity contribution is 0.458. The third kappa shape index (κ3) is 4.76. The van der Waals surface area contributed by atoms with Gasteiger partial charge in [0.2, 0.25) is 0 Å². The van der Waals surface area contributed by atoms with Gasteiger partial charge >= 0.3 is 0 Å². The van der Waals surface area contributed by atoms with Gasteiger partial charge in [0, 0.05) is 22.2 Å². The third-order valence-corrected chi connectivity index (χ3v) is 8.80. The van der Waals surface area contributed by atoms with Crippen LogP contribution in [0.5, 0.6) is 0 Å². The van der Waals surface area contributed by atoms with Gasteiger partial charge in [0.25, 0.3) is 0 Å². The van der Waals surface area contributed by atoms with E-state index >= 15 is 8.78 Å². The van der Waals surface area contributed by atoms with Crippen LogP contribution in [0.3, 0.4) is 0 Å². The number of para-hydroxylation sites is 1. The Hall–Kier alpha value is -6.32. The number of hydrogen-bond donors (Lipinski definition) is 0. The third-order valence-electron chi connectivity index (χ3n) is 8.80. The lowest BCUT2D eigenvalue weighted by Gasteiger charge is -2.17. The fourth-order valence-electron chi connectivity index (χ4n) is 6.45. The first kappa shape index (κ1) is 29.1. The summed E-state index contributed by atoms with van der Waals surface area (Å²) in [6.45, 7) is 7.16. The van der Waals surface area contributed by atoms with E-state index in [0.29, 0.717) is 22.0 Å². The quantitative estimate of drug-likeness (QED) is 0.0819. The van der Waals surface area contributed by atoms with Crippen LogP contribution in [0, 0.1) is 29.8 Å². The SMILES string of the molecule is [C-]#[N+]c1ccc(-c2ccc(-c3ccc(-c4cc5c(-c6c(F)c(F)cc(F)c6F)nc6ccccc6c5c5ccccc45)cc3)cc2)cc1. The molecule has 1 heterocycles. The second-order valence-corrected chi connectivity index (χ2v) is 11.5. The zero-order valence-electron chi connectivity index (χ0n) is 25.1. The number of rotatable bonds is 4. The van der Waals surface area contributed by atoms with Crippen LogP contribution in [0.2, 0.25) is 0 Å². The van der Waals surface area contributed by atoms with E-state index in [-0.39, 0.29) is 11.8 Å². The molecule has 0 bridgehead atoms. The van der Waals surface area contributed by atoms with Crippen LogP contribution in [0.15, 0.2) is 133 Å². The van der Waals surface area contributed by atoms with Gasteiger partial charge in [-0.2, -0.15) is 0 Å². The van der Waals surface area contributed by atoms with Crippen molar-refractivity contribution >= 4 is 38.1 Å². The molecule has 8 aromatic rings. The monoisotopic (exact) mass is 630 g/mol. The molecule has 6 heteroatoms. The molecule has 0 N–H and O–H groups in total. The molecule has 2 nitrogen and oxygen atoms in total.